The number of rotatable bonds is 3. The molecular formula is C14H10ClN3O2. The fourth-order valence-corrected chi connectivity index (χ4v) is 2.29. The van der Waals surface area contributed by atoms with Gasteiger partial charge in [-0.1, -0.05) is 17.7 Å². The van der Waals surface area contributed by atoms with Gasteiger partial charge in [0.25, 0.3) is 0 Å². The van der Waals surface area contributed by atoms with E-state index in [0.717, 1.165) is 0 Å². The maximum Gasteiger partial charge on any atom is 0.209 e. The molecule has 2 aromatic heterocycles. The van der Waals surface area contributed by atoms with Crippen LogP contribution in [0.25, 0.3) is 16.9 Å². The number of imidazole rings is 1. The molecule has 0 aliphatic rings. The minimum absolute atomic E-state index is 0.223. The average molecular weight is 288 g/mol. The molecule has 0 amide bonds. The predicted molar refractivity (Wildman–Crippen MR) is 77.6 cm³/mol. The first-order chi connectivity index (χ1) is 9.74. The van der Waals surface area contributed by atoms with Crippen LogP contribution in [0.3, 0.4) is 0 Å². The highest BCUT2D eigenvalue weighted by Crippen LogP contribution is 2.37. The number of aromatic nitrogens is 2. The van der Waals surface area contributed by atoms with Crippen LogP contribution in [0, 0.1) is 4.91 Å². The van der Waals surface area contributed by atoms with Crippen molar-refractivity contribution in [2.45, 2.75) is 0 Å². The summed E-state index contributed by atoms with van der Waals surface area (Å²) in [5.74, 6) is 0.809. The number of nitroso groups, excluding NO2 is 1. The molecule has 0 spiro atoms. The first-order valence-corrected chi connectivity index (χ1v) is 6.26. The number of benzene rings is 1. The van der Waals surface area contributed by atoms with Gasteiger partial charge in [0.05, 0.1) is 7.11 Å². The fourth-order valence-electron chi connectivity index (χ4n) is 2.12. The third-order valence-corrected chi connectivity index (χ3v) is 3.24. The summed E-state index contributed by atoms with van der Waals surface area (Å²) in [7, 11) is 1.55. The summed E-state index contributed by atoms with van der Waals surface area (Å²) in [5.41, 5.74) is 1.72. The van der Waals surface area contributed by atoms with Crippen molar-refractivity contribution < 1.29 is 4.74 Å². The van der Waals surface area contributed by atoms with Gasteiger partial charge in [-0.2, -0.15) is 0 Å². The van der Waals surface area contributed by atoms with Gasteiger partial charge >= 0.3 is 0 Å². The highest BCUT2D eigenvalue weighted by Gasteiger charge is 2.18. The molecule has 0 fully saturated rings. The molecule has 1 aromatic carbocycles. The topological polar surface area (TPSA) is 56.0 Å². The first-order valence-electron chi connectivity index (χ1n) is 5.89. The summed E-state index contributed by atoms with van der Waals surface area (Å²) in [6, 6.07) is 10.6. The largest absolute Gasteiger partial charge is 0.496 e. The Balaban J connectivity index is 2.34. The molecular weight excluding hydrogens is 278 g/mol. The van der Waals surface area contributed by atoms with Gasteiger partial charge in [-0.3, -0.25) is 4.40 Å². The Morgan fingerprint density at radius 2 is 2.15 bits per heavy atom. The summed E-state index contributed by atoms with van der Waals surface area (Å²) in [6.45, 7) is 0. The Kier molecular flexibility index (Phi) is 3.12. The molecule has 0 N–H and O–H groups in total. The van der Waals surface area contributed by atoms with Crippen LogP contribution in [0.2, 0.25) is 5.02 Å². The van der Waals surface area contributed by atoms with Gasteiger partial charge in [0.2, 0.25) is 5.82 Å². The normalized spacial score (nSPS) is 10.7. The van der Waals surface area contributed by atoms with Crippen molar-refractivity contribution in [3.8, 4) is 17.0 Å². The van der Waals surface area contributed by atoms with Crippen molar-refractivity contribution in [2.75, 3.05) is 7.11 Å². The molecule has 6 heteroatoms. The zero-order chi connectivity index (χ0) is 14.1. The molecule has 3 aromatic rings. The molecule has 3 rings (SSSR count). The lowest BCUT2D eigenvalue weighted by Crippen LogP contribution is -1.88. The van der Waals surface area contributed by atoms with Crippen molar-refractivity contribution in [3.63, 3.8) is 0 Å². The molecule has 0 atom stereocenters. The Hall–Kier alpha value is -2.40. The lowest BCUT2D eigenvalue weighted by Gasteiger charge is -2.06. The van der Waals surface area contributed by atoms with Crippen LogP contribution in [0.15, 0.2) is 47.8 Å². The van der Waals surface area contributed by atoms with Crippen molar-refractivity contribution in [2.24, 2.45) is 5.18 Å². The number of pyridine rings is 1. The standard InChI is InChI=1S/C14H10ClN3O2/c1-20-11-6-5-9(15)8-10(11)13-14(17-19)18-7-3-2-4-12(18)16-13/h2-8H,1H3. The SMILES string of the molecule is COc1ccc(Cl)cc1-c1nc2ccccn2c1N=O. The van der Waals surface area contributed by atoms with Gasteiger partial charge in [-0.15, -0.1) is 4.91 Å². The number of ether oxygens (including phenoxy) is 1. The number of fused-ring (bicyclic) bond motifs is 1. The Bertz CT molecular complexity index is 798. The predicted octanol–water partition coefficient (Wildman–Crippen LogP) is 4.06. The molecule has 0 bridgehead atoms. The van der Waals surface area contributed by atoms with Crippen molar-refractivity contribution in [3.05, 3.63) is 52.5 Å². The number of methoxy groups -OCH3 is 1. The van der Waals surface area contributed by atoms with E-state index in [1.54, 1.807) is 42.0 Å². The second-order valence-electron chi connectivity index (χ2n) is 4.15. The van der Waals surface area contributed by atoms with E-state index in [9.17, 15) is 4.91 Å². The number of halogens is 1. The van der Waals surface area contributed by atoms with E-state index in [1.807, 2.05) is 12.1 Å². The zero-order valence-electron chi connectivity index (χ0n) is 10.6. The van der Waals surface area contributed by atoms with Crippen molar-refractivity contribution in [1.82, 2.24) is 9.38 Å². The van der Waals surface area contributed by atoms with Crippen molar-refractivity contribution >= 4 is 23.1 Å². The van der Waals surface area contributed by atoms with Gasteiger partial charge in [0.1, 0.15) is 17.1 Å². The van der Waals surface area contributed by atoms with E-state index in [-0.39, 0.29) is 5.82 Å². The monoisotopic (exact) mass is 287 g/mol. The van der Waals surface area contributed by atoms with Crippen LogP contribution < -0.4 is 4.74 Å². The number of hydrogen-bond acceptors (Lipinski definition) is 4. The number of nitrogens with zero attached hydrogens (tertiary/aromatic N) is 3. The van der Waals surface area contributed by atoms with Crippen LogP contribution in [0.4, 0.5) is 5.82 Å². The van der Waals surface area contributed by atoms with Gasteiger partial charge in [-0.05, 0) is 35.5 Å². The Morgan fingerprint density at radius 3 is 2.90 bits per heavy atom. The van der Waals surface area contributed by atoms with Crippen LogP contribution in [-0.4, -0.2) is 16.5 Å². The molecule has 0 saturated heterocycles. The second-order valence-corrected chi connectivity index (χ2v) is 4.59. The summed E-state index contributed by atoms with van der Waals surface area (Å²) >= 11 is 6.02. The molecule has 0 radical (unpaired) electrons. The van der Waals surface area contributed by atoms with Gasteiger partial charge in [-0.25, -0.2) is 4.98 Å². The van der Waals surface area contributed by atoms with E-state index in [2.05, 4.69) is 10.2 Å². The molecule has 20 heavy (non-hydrogen) atoms. The summed E-state index contributed by atoms with van der Waals surface area (Å²) < 4.78 is 6.93. The highest BCUT2D eigenvalue weighted by atomic mass is 35.5. The molecule has 0 unspecified atom stereocenters. The number of hydrogen-bond donors (Lipinski definition) is 0. The molecule has 100 valence electrons. The van der Waals surface area contributed by atoms with E-state index < -0.39 is 0 Å². The second kappa shape index (κ2) is 4.94. The average Bonchev–Trinajstić information content (AvgIpc) is 2.85. The minimum Gasteiger partial charge on any atom is -0.496 e. The van der Waals surface area contributed by atoms with Crippen molar-refractivity contribution in [1.29, 1.82) is 0 Å². The molecule has 5 nitrogen and oxygen atoms in total. The summed E-state index contributed by atoms with van der Waals surface area (Å²) in [5, 5.41) is 3.63. The molecule has 0 saturated carbocycles. The van der Waals surface area contributed by atoms with Gasteiger partial charge in [0.15, 0.2) is 0 Å². The Labute approximate surface area is 119 Å². The molecule has 0 aliphatic carbocycles. The van der Waals surface area contributed by atoms with Crippen LogP contribution in [-0.2, 0) is 0 Å². The highest BCUT2D eigenvalue weighted by molar-refractivity contribution is 6.31. The quantitative estimate of drug-likeness (QED) is 0.683. The minimum atomic E-state index is 0.223. The van der Waals surface area contributed by atoms with Crippen LogP contribution in [0.5, 0.6) is 5.75 Å². The molecule has 0 aliphatic heterocycles. The van der Waals surface area contributed by atoms with Gasteiger partial charge in [0, 0.05) is 16.8 Å². The fraction of sp³-hybridized carbons (Fsp3) is 0.0714. The maximum atomic E-state index is 11.2. The van der Waals surface area contributed by atoms with E-state index >= 15 is 0 Å². The third-order valence-electron chi connectivity index (χ3n) is 3.01. The van der Waals surface area contributed by atoms with E-state index in [1.165, 1.54) is 0 Å². The van der Waals surface area contributed by atoms with Crippen LogP contribution >= 0.6 is 11.6 Å². The lowest BCUT2D eigenvalue weighted by molar-refractivity contribution is 0.416. The summed E-state index contributed by atoms with van der Waals surface area (Å²) in [6.07, 6.45) is 1.74. The first kappa shape index (κ1) is 12.6. The third kappa shape index (κ3) is 1.92. The Morgan fingerprint density at radius 1 is 1.30 bits per heavy atom. The smallest absolute Gasteiger partial charge is 0.209 e. The maximum absolute atomic E-state index is 11.2. The zero-order valence-corrected chi connectivity index (χ0v) is 11.3. The lowest BCUT2D eigenvalue weighted by atomic mass is 10.1. The van der Waals surface area contributed by atoms with Crippen LogP contribution in [0.1, 0.15) is 0 Å². The molecule has 2 heterocycles. The van der Waals surface area contributed by atoms with E-state index in [4.69, 9.17) is 16.3 Å². The van der Waals surface area contributed by atoms with Gasteiger partial charge < -0.3 is 4.74 Å². The summed E-state index contributed by atoms with van der Waals surface area (Å²) in [4.78, 5) is 15.6. The van der Waals surface area contributed by atoms with E-state index in [0.29, 0.717) is 27.7 Å².